The number of hydrogen-bond acceptors (Lipinski definition) is 4. The SMILES string of the molecule is CCc1nnc(SC(C)(C)C)c(CN)c1CC. The predicted octanol–water partition coefficient (Wildman–Crippen LogP) is 2.95. The first kappa shape index (κ1) is 14.5. The minimum absolute atomic E-state index is 0.136. The Kier molecular flexibility index (Phi) is 4.95. The first-order valence-corrected chi connectivity index (χ1v) is 7.01. The van der Waals surface area contributed by atoms with Crippen molar-refractivity contribution in [3.8, 4) is 0 Å². The molecule has 0 aliphatic carbocycles. The van der Waals surface area contributed by atoms with Gasteiger partial charge in [-0.15, -0.1) is 5.10 Å². The van der Waals surface area contributed by atoms with Crippen LogP contribution in [0, 0.1) is 0 Å². The highest BCUT2D eigenvalue weighted by atomic mass is 32.2. The van der Waals surface area contributed by atoms with E-state index >= 15 is 0 Å². The van der Waals surface area contributed by atoms with Crippen LogP contribution >= 0.6 is 11.8 Å². The van der Waals surface area contributed by atoms with Gasteiger partial charge in [0.2, 0.25) is 0 Å². The molecule has 17 heavy (non-hydrogen) atoms. The highest BCUT2D eigenvalue weighted by Crippen LogP contribution is 2.34. The molecule has 4 heteroatoms. The summed E-state index contributed by atoms with van der Waals surface area (Å²) < 4.78 is 0.136. The molecular formula is C13H23N3S. The fourth-order valence-corrected chi connectivity index (χ4v) is 2.81. The number of rotatable bonds is 4. The van der Waals surface area contributed by atoms with Gasteiger partial charge in [0.1, 0.15) is 5.03 Å². The molecule has 1 heterocycles. The van der Waals surface area contributed by atoms with Gasteiger partial charge in [0.25, 0.3) is 0 Å². The standard InChI is InChI=1S/C13H23N3S/c1-6-9-10(8-14)12(17-13(3,4)5)16-15-11(9)7-2/h6-8,14H2,1-5H3. The molecule has 2 N–H and O–H groups in total. The lowest BCUT2D eigenvalue weighted by Crippen LogP contribution is -2.14. The first-order valence-electron chi connectivity index (χ1n) is 6.19. The van der Waals surface area contributed by atoms with Gasteiger partial charge in [-0.25, -0.2) is 0 Å². The lowest BCUT2D eigenvalue weighted by atomic mass is 10.0. The fourth-order valence-electron chi connectivity index (χ4n) is 1.81. The monoisotopic (exact) mass is 253 g/mol. The van der Waals surface area contributed by atoms with Gasteiger partial charge in [0, 0.05) is 16.9 Å². The Morgan fingerprint density at radius 1 is 1.06 bits per heavy atom. The van der Waals surface area contributed by atoms with E-state index in [1.807, 2.05) is 0 Å². The van der Waals surface area contributed by atoms with Crippen molar-refractivity contribution in [3.63, 3.8) is 0 Å². The number of aryl methyl sites for hydroxylation is 1. The summed E-state index contributed by atoms with van der Waals surface area (Å²) in [5.74, 6) is 0. The van der Waals surface area contributed by atoms with Crippen LogP contribution in [0.3, 0.4) is 0 Å². The average molecular weight is 253 g/mol. The number of hydrogen-bond donors (Lipinski definition) is 1. The predicted molar refractivity (Wildman–Crippen MR) is 74.3 cm³/mol. The molecule has 0 radical (unpaired) electrons. The van der Waals surface area contributed by atoms with Crippen molar-refractivity contribution in [1.82, 2.24) is 10.2 Å². The molecule has 1 rings (SSSR count). The van der Waals surface area contributed by atoms with Crippen molar-refractivity contribution in [1.29, 1.82) is 0 Å². The van der Waals surface area contributed by atoms with E-state index in [2.05, 4.69) is 44.8 Å². The second-order valence-corrected chi connectivity index (χ2v) is 6.85. The van der Waals surface area contributed by atoms with E-state index in [9.17, 15) is 0 Å². The van der Waals surface area contributed by atoms with Crippen molar-refractivity contribution in [2.75, 3.05) is 0 Å². The fraction of sp³-hybridized carbons (Fsp3) is 0.692. The molecule has 96 valence electrons. The first-order chi connectivity index (χ1) is 7.92. The Morgan fingerprint density at radius 2 is 1.71 bits per heavy atom. The molecule has 1 aromatic rings. The van der Waals surface area contributed by atoms with Crippen LogP contribution in [0.5, 0.6) is 0 Å². The Bertz CT molecular complexity index is 383. The zero-order valence-corrected chi connectivity index (χ0v) is 12.3. The molecular weight excluding hydrogens is 230 g/mol. The Hall–Kier alpha value is -0.610. The Morgan fingerprint density at radius 3 is 2.12 bits per heavy atom. The van der Waals surface area contributed by atoms with E-state index in [1.54, 1.807) is 11.8 Å². The summed E-state index contributed by atoms with van der Waals surface area (Å²) in [7, 11) is 0. The molecule has 0 aliphatic heterocycles. The third kappa shape index (κ3) is 3.68. The van der Waals surface area contributed by atoms with Gasteiger partial charge >= 0.3 is 0 Å². The van der Waals surface area contributed by atoms with Gasteiger partial charge in [0.15, 0.2) is 0 Å². The van der Waals surface area contributed by atoms with Gasteiger partial charge in [-0.2, -0.15) is 5.10 Å². The number of thioether (sulfide) groups is 1. The third-order valence-corrected chi connectivity index (χ3v) is 3.66. The van der Waals surface area contributed by atoms with Crippen molar-refractivity contribution < 1.29 is 0 Å². The largest absolute Gasteiger partial charge is 0.326 e. The van der Waals surface area contributed by atoms with Gasteiger partial charge in [-0.05, 0) is 18.4 Å². The summed E-state index contributed by atoms with van der Waals surface area (Å²) in [5.41, 5.74) is 9.45. The maximum absolute atomic E-state index is 5.89. The molecule has 0 amide bonds. The second-order valence-electron chi connectivity index (χ2n) is 5.03. The summed E-state index contributed by atoms with van der Waals surface area (Å²) >= 11 is 1.75. The minimum Gasteiger partial charge on any atom is -0.326 e. The minimum atomic E-state index is 0.136. The summed E-state index contributed by atoms with van der Waals surface area (Å²) in [6.45, 7) is 11.3. The quantitative estimate of drug-likeness (QED) is 0.838. The van der Waals surface area contributed by atoms with E-state index in [0.717, 1.165) is 23.6 Å². The zero-order valence-electron chi connectivity index (χ0n) is 11.5. The van der Waals surface area contributed by atoms with Crippen molar-refractivity contribution >= 4 is 11.8 Å². The molecule has 0 aliphatic rings. The second kappa shape index (κ2) is 5.83. The lowest BCUT2D eigenvalue weighted by Gasteiger charge is -2.20. The van der Waals surface area contributed by atoms with Crippen LogP contribution in [0.25, 0.3) is 0 Å². The average Bonchev–Trinajstić information content (AvgIpc) is 2.26. The van der Waals surface area contributed by atoms with E-state index < -0.39 is 0 Å². The van der Waals surface area contributed by atoms with E-state index in [-0.39, 0.29) is 4.75 Å². The molecule has 0 bridgehead atoms. The van der Waals surface area contributed by atoms with E-state index in [0.29, 0.717) is 6.54 Å². The number of aromatic nitrogens is 2. The van der Waals surface area contributed by atoms with Crippen LogP contribution in [0.15, 0.2) is 5.03 Å². The molecule has 0 spiro atoms. The van der Waals surface area contributed by atoms with Gasteiger partial charge in [-0.3, -0.25) is 0 Å². The van der Waals surface area contributed by atoms with Crippen LogP contribution in [-0.2, 0) is 19.4 Å². The molecule has 3 nitrogen and oxygen atoms in total. The van der Waals surface area contributed by atoms with Crippen LogP contribution < -0.4 is 5.73 Å². The van der Waals surface area contributed by atoms with Gasteiger partial charge in [0.05, 0.1) is 5.69 Å². The zero-order chi connectivity index (χ0) is 13.1. The van der Waals surface area contributed by atoms with Crippen molar-refractivity contribution in [3.05, 3.63) is 16.8 Å². The highest BCUT2D eigenvalue weighted by Gasteiger charge is 2.19. The van der Waals surface area contributed by atoms with E-state index in [4.69, 9.17) is 5.73 Å². The molecule has 0 fully saturated rings. The normalized spacial score (nSPS) is 11.9. The molecule has 1 aromatic heterocycles. The molecule has 0 saturated heterocycles. The van der Waals surface area contributed by atoms with Gasteiger partial charge < -0.3 is 5.73 Å². The summed E-state index contributed by atoms with van der Waals surface area (Å²) in [6.07, 6.45) is 1.90. The molecule has 0 atom stereocenters. The smallest absolute Gasteiger partial charge is 0.124 e. The van der Waals surface area contributed by atoms with E-state index in [1.165, 1.54) is 11.1 Å². The Labute approximate surface area is 109 Å². The third-order valence-electron chi connectivity index (χ3n) is 2.53. The van der Waals surface area contributed by atoms with Crippen molar-refractivity contribution in [2.24, 2.45) is 5.73 Å². The number of nitrogens with two attached hydrogens (primary N) is 1. The van der Waals surface area contributed by atoms with Crippen LogP contribution in [0.2, 0.25) is 0 Å². The maximum atomic E-state index is 5.89. The van der Waals surface area contributed by atoms with Crippen LogP contribution in [-0.4, -0.2) is 14.9 Å². The van der Waals surface area contributed by atoms with Crippen LogP contribution in [0.4, 0.5) is 0 Å². The van der Waals surface area contributed by atoms with Crippen molar-refractivity contribution in [2.45, 2.75) is 63.8 Å². The lowest BCUT2D eigenvalue weighted by molar-refractivity contribution is 0.759. The topological polar surface area (TPSA) is 51.8 Å². The van der Waals surface area contributed by atoms with Gasteiger partial charge in [-0.1, -0.05) is 46.4 Å². The maximum Gasteiger partial charge on any atom is 0.124 e. The summed E-state index contributed by atoms with van der Waals surface area (Å²) in [6, 6.07) is 0. The van der Waals surface area contributed by atoms with Crippen LogP contribution in [0.1, 0.15) is 51.4 Å². The summed E-state index contributed by atoms with van der Waals surface area (Å²) in [4.78, 5) is 0. The number of nitrogens with zero attached hydrogens (tertiary/aromatic N) is 2. The molecule has 0 aromatic carbocycles. The Balaban J connectivity index is 3.23. The highest BCUT2D eigenvalue weighted by molar-refractivity contribution is 8.00. The molecule has 0 unspecified atom stereocenters. The molecule has 0 saturated carbocycles. The summed E-state index contributed by atoms with van der Waals surface area (Å²) in [5, 5.41) is 9.68.